The van der Waals surface area contributed by atoms with Crippen LogP contribution in [-0.4, -0.2) is 31.5 Å². The lowest BCUT2D eigenvalue weighted by atomic mass is 10.0. The van der Waals surface area contributed by atoms with Gasteiger partial charge in [-0.3, -0.25) is 0 Å². The molecule has 4 heteroatoms. The Labute approximate surface area is 217 Å². The van der Waals surface area contributed by atoms with Crippen molar-refractivity contribution in [3.63, 3.8) is 0 Å². The summed E-state index contributed by atoms with van der Waals surface area (Å²) in [7, 11) is 3.84. The quantitative estimate of drug-likeness (QED) is 0.135. The number of nitrogens with zero attached hydrogens (tertiary/aromatic N) is 2. The molecule has 4 nitrogen and oxygen atoms in total. The van der Waals surface area contributed by atoms with Gasteiger partial charge in [-0.1, -0.05) is 60.7 Å². The molecule has 37 heavy (non-hydrogen) atoms. The predicted octanol–water partition coefficient (Wildman–Crippen LogP) is 6.76. The van der Waals surface area contributed by atoms with Gasteiger partial charge >= 0.3 is 0 Å². The second-order valence-corrected chi connectivity index (χ2v) is 9.39. The molecule has 6 rings (SSSR count). The summed E-state index contributed by atoms with van der Waals surface area (Å²) in [6.07, 6.45) is 4.52. The molecule has 0 aliphatic heterocycles. The monoisotopic (exact) mass is 487 g/mol. The van der Waals surface area contributed by atoms with Gasteiger partial charge in [0.2, 0.25) is 11.0 Å². The number of ether oxygens (including phenoxy) is 2. The average Bonchev–Trinajstić information content (AvgIpc) is 3.26. The molecular formula is C33H31N2O2+. The van der Waals surface area contributed by atoms with Crippen LogP contribution in [0.3, 0.4) is 0 Å². The number of benzene rings is 4. The van der Waals surface area contributed by atoms with Crippen molar-refractivity contribution >= 4 is 55.8 Å². The number of para-hydroxylation sites is 3. The summed E-state index contributed by atoms with van der Waals surface area (Å²) in [5.74, 6) is 0. The van der Waals surface area contributed by atoms with Crippen LogP contribution in [0.15, 0.2) is 91.0 Å². The molecule has 2 heterocycles. The first kappa shape index (κ1) is 23.4. The number of hydrogen-bond acceptors (Lipinski definition) is 2. The van der Waals surface area contributed by atoms with E-state index in [0.29, 0.717) is 19.8 Å². The molecule has 0 amide bonds. The van der Waals surface area contributed by atoms with Crippen LogP contribution < -0.4 is 4.57 Å². The number of aromatic nitrogens is 2. The van der Waals surface area contributed by atoms with E-state index in [-0.39, 0.29) is 0 Å². The van der Waals surface area contributed by atoms with Gasteiger partial charge in [0.05, 0.1) is 30.6 Å². The third-order valence-electron chi connectivity index (χ3n) is 7.24. The molecule has 0 saturated heterocycles. The van der Waals surface area contributed by atoms with Crippen LogP contribution in [-0.2, 0) is 23.1 Å². The standard InChI is InChI=1S/C33H31N2O2/c1-34-30-12-6-3-9-26(30)25(27-10-4-7-13-31(27)34)17-15-24-16-18-33-29(23-24)28-11-5-8-14-32(28)35(33)19-20-37-22-21-36-2/h3-18,23H,19-22H2,1-2H3/q+1. The van der Waals surface area contributed by atoms with Gasteiger partial charge in [-0.25, -0.2) is 0 Å². The molecule has 0 aliphatic rings. The fraction of sp³-hybridized carbons (Fsp3) is 0.182. The molecule has 0 atom stereocenters. The molecule has 0 N–H and O–H groups in total. The second-order valence-electron chi connectivity index (χ2n) is 9.39. The van der Waals surface area contributed by atoms with Gasteiger partial charge in [-0.2, -0.15) is 4.57 Å². The third kappa shape index (κ3) is 4.29. The summed E-state index contributed by atoms with van der Waals surface area (Å²) in [5, 5.41) is 5.05. The highest BCUT2D eigenvalue weighted by Crippen LogP contribution is 2.31. The Kier molecular flexibility index (Phi) is 6.44. The highest BCUT2D eigenvalue weighted by Gasteiger charge is 2.15. The van der Waals surface area contributed by atoms with Crippen molar-refractivity contribution in [3.8, 4) is 0 Å². The van der Waals surface area contributed by atoms with Gasteiger partial charge in [-0.05, 0) is 35.9 Å². The van der Waals surface area contributed by atoms with E-state index in [2.05, 4.69) is 119 Å². The fourth-order valence-electron chi connectivity index (χ4n) is 5.44. The predicted molar refractivity (Wildman–Crippen MR) is 154 cm³/mol. The maximum Gasteiger partial charge on any atom is 0.213 e. The van der Waals surface area contributed by atoms with Crippen LogP contribution >= 0.6 is 0 Å². The Morgan fingerprint density at radius 1 is 0.676 bits per heavy atom. The second kappa shape index (κ2) is 10.2. The summed E-state index contributed by atoms with van der Waals surface area (Å²) >= 11 is 0. The molecule has 0 spiro atoms. The van der Waals surface area contributed by atoms with Crippen molar-refractivity contribution in [2.75, 3.05) is 26.9 Å². The minimum atomic E-state index is 0.615. The van der Waals surface area contributed by atoms with E-state index in [0.717, 1.165) is 6.54 Å². The molecule has 4 aromatic carbocycles. The molecule has 0 saturated carbocycles. The highest BCUT2D eigenvalue weighted by molar-refractivity contribution is 6.09. The molecule has 0 fully saturated rings. The SMILES string of the molecule is COCCOCCn1c2ccccc2c2cc(C=Cc3c4ccccc4[n+](C)c4ccccc34)ccc21. The van der Waals surface area contributed by atoms with Crippen LogP contribution in [0, 0.1) is 0 Å². The first-order valence-electron chi connectivity index (χ1n) is 12.8. The zero-order valence-corrected chi connectivity index (χ0v) is 21.4. The van der Waals surface area contributed by atoms with Gasteiger partial charge in [0, 0.05) is 53.2 Å². The lowest BCUT2D eigenvalue weighted by Gasteiger charge is -2.09. The fourth-order valence-corrected chi connectivity index (χ4v) is 5.44. The van der Waals surface area contributed by atoms with Gasteiger partial charge < -0.3 is 14.0 Å². The molecule has 6 aromatic rings. The van der Waals surface area contributed by atoms with E-state index in [1.54, 1.807) is 7.11 Å². The van der Waals surface area contributed by atoms with Crippen molar-refractivity contribution in [2.45, 2.75) is 6.54 Å². The van der Waals surface area contributed by atoms with Crippen LogP contribution in [0.2, 0.25) is 0 Å². The molecule has 2 aromatic heterocycles. The zero-order chi connectivity index (χ0) is 25.2. The summed E-state index contributed by atoms with van der Waals surface area (Å²) in [6.45, 7) is 2.70. The largest absolute Gasteiger partial charge is 0.382 e. The molecule has 0 radical (unpaired) electrons. The number of methoxy groups -OCH3 is 1. The lowest BCUT2D eigenvalue weighted by Crippen LogP contribution is -2.30. The van der Waals surface area contributed by atoms with E-state index < -0.39 is 0 Å². The number of fused-ring (bicyclic) bond motifs is 5. The Hall–Kier alpha value is -3.99. The van der Waals surface area contributed by atoms with Crippen LogP contribution in [0.4, 0.5) is 0 Å². The summed E-state index contributed by atoms with van der Waals surface area (Å²) < 4.78 is 15.5. The van der Waals surface area contributed by atoms with Gasteiger partial charge in [-0.15, -0.1) is 0 Å². The Morgan fingerprint density at radius 2 is 1.32 bits per heavy atom. The summed E-state index contributed by atoms with van der Waals surface area (Å²) in [6, 6.07) is 32.7. The van der Waals surface area contributed by atoms with E-state index in [9.17, 15) is 0 Å². The number of aryl methyl sites for hydroxylation is 1. The Balaban J connectivity index is 1.42. The normalized spacial score (nSPS) is 12.1. The maximum atomic E-state index is 5.78. The zero-order valence-electron chi connectivity index (χ0n) is 21.4. The van der Waals surface area contributed by atoms with Crippen molar-refractivity contribution in [1.29, 1.82) is 0 Å². The topological polar surface area (TPSA) is 27.3 Å². The molecule has 0 unspecified atom stereocenters. The van der Waals surface area contributed by atoms with Gasteiger partial charge in [0.1, 0.15) is 7.05 Å². The van der Waals surface area contributed by atoms with Gasteiger partial charge in [0.15, 0.2) is 0 Å². The molecular weight excluding hydrogens is 456 g/mol. The maximum absolute atomic E-state index is 5.78. The van der Waals surface area contributed by atoms with Crippen LogP contribution in [0.5, 0.6) is 0 Å². The van der Waals surface area contributed by atoms with Crippen molar-refractivity contribution in [2.24, 2.45) is 7.05 Å². The first-order chi connectivity index (χ1) is 18.3. The Bertz CT molecular complexity index is 1710. The van der Waals surface area contributed by atoms with Crippen molar-refractivity contribution in [3.05, 3.63) is 102 Å². The van der Waals surface area contributed by atoms with Crippen LogP contribution in [0.25, 0.3) is 55.8 Å². The third-order valence-corrected chi connectivity index (χ3v) is 7.24. The van der Waals surface area contributed by atoms with E-state index in [1.807, 2.05) is 0 Å². The first-order valence-corrected chi connectivity index (χ1v) is 12.8. The Morgan fingerprint density at radius 3 is 2.05 bits per heavy atom. The smallest absolute Gasteiger partial charge is 0.213 e. The molecule has 0 bridgehead atoms. The number of pyridine rings is 1. The molecule has 184 valence electrons. The lowest BCUT2D eigenvalue weighted by molar-refractivity contribution is -0.617. The van der Waals surface area contributed by atoms with E-state index >= 15 is 0 Å². The number of rotatable bonds is 8. The van der Waals surface area contributed by atoms with Crippen molar-refractivity contribution in [1.82, 2.24) is 4.57 Å². The van der Waals surface area contributed by atoms with Crippen molar-refractivity contribution < 1.29 is 14.0 Å². The number of hydrogen-bond donors (Lipinski definition) is 0. The van der Waals surface area contributed by atoms with E-state index in [1.165, 1.54) is 54.7 Å². The van der Waals surface area contributed by atoms with Gasteiger partial charge in [0.25, 0.3) is 0 Å². The minimum absolute atomic E-state index is 0.615. The molecule has 0 aliphatic carbocycles. The van der Waals surface area contributed by atoms with E-state index in [4.69, 9.17) is 9.47 Å². The summed E-state index contributed by atoms with van der Waals surface area (Å²) in [4.78, 5) is 0. The average molecular weight is 488 g/mol. The highest BCUT2D eigenvalue weighted by atomic mass is 16.5. The van der Waals surface area contributed by atoms with Crippen LogP contribution in [0.1, 0.15) is 11.1 Å². The minimum Gasteiger partial charge on any atom is -0.382 e. The summed E-state index contributed by atoms with van der Waals surface area (Å²) in [5.41, 5.74) is 7.37.